The van der Waals surface area contributed by atoms with Crippen LogP contribution in [-0.4, -0.2) is 36.0 Å². The van der Waals surface area contributed by atoms with E-state index in [0.717, 1.165) is 19.4 Å². The minimum absolute atomic E-state index is 0.151. The summed E-state index contributed by atoms with van der Waals surface area (Å²) >= 11 is 0. The number of nitrogens with one attached hydrogen (secondary N) is 1. The molecule has 1 aromatic carbocycles. The molecule has 0 aliphatic rings. The topological polar surface area (TPSA) is 58.4 Å². The number of anilines is 1. The lowest BCUT2D eigenvalue weighted by Gasteiger charge is -2.39. The van der Waals surface area contributed by atoms with Crippen molar-refractivity contribution in [3.05, 3.63) is 30.1 Å². The molecule has 0 bridgehead atoms. The first-order valence-corrected chi connectivity index (χ1v) is 7.45. The zero-order valence-corrected chi connectivity index (χ0v) is 13.2. The van der Waals surface area contributed by atoms with Crippen molar-refractivity contribution in [3.8, 4) is 0 Å². The SMILES string of the molecule is CCCN(CC(=O)Nc1cccc(F)c1)C(C)(CC)CN. The number of rotatable bonds is 8. The smallest absolute Gasteiger partial charge is 0.238 e. The molecule has 5 heteroatoms. The Hall–Kier alpha value is -1.46. The summed E-state index contributed by atoms with van der Waals surface area (Å²) in [7, 11) is 0. The average Bonchev–Trinajstić information content (AvgIpc) is 2.46. The van der Waals surface area contributed by atoms with Gasteiger partial charge in [-0.05, 0) is 44.5 Å². The van der Waals surface area contributed by atoms with Gasteiger partial charge in [0.15, 0.2) is 0 Å². The first kappa shape index (κ1) is 17.6. The quantitative estimate of drug-likeness (QED) is 0.775. The second-order valence-electron chi connectivity index (χ2n) is 5.53. The van der Waals surface area contributed by atoms with Crippen LogP contribution in [0.5, 0.6) is 0 Å². The second-order valence-corrected chi connectivity index (χ2v) is 5.53. The van der Waals surface area contributed by atoms with E-state index >= 15 is 0 Å². The highest BCUT2D eigenvalue weighted by molar-refractivity contribution is 5.92. The Morgan fingerprint density at radius 1 is 1.43 bits per heavy atom. The van der Waals surface area contributed by atoms with E-state index in [1.54, 1.807) is 12.1 Å². The molecule has 1 atom stereocenters. The maximum Gasteiger partial charge on any atom is 0.238 e. The maximum absolute atomic E-state index is 13.1. The average molecular weight is 295 g/mol. The molecule has 0 aliphatic heterocycles. The van der Waals surface area contributed by atoms with E-state index in [9.17, 15) is 9.18 Å². The highest BCUT2D eigenvalue weighted by atomic mass is 19.1. The summed E-state index contributed by atoms with van der Waals surface area (Å²) in [5.41, 5.74) is 6.15. The summed E-state index contributed by atoms with van der Waals surface area (Å²) in [6, 6.07) is 5.91. The van der Waals surface area contributed by atoms with Gasteiger partial charge in [0, 0.05) is 17.8 Å². The molecular weight excluding hydrogens is 269 g/mol. The molecule has 3 N–H and O–H groups in total. The maximum atomic E-state index is 13.1. The van der Waals surface area contributed by atoms with E-state index in [1.165, 1.54) is 12.1 Å². The van der Waals surface area contributed by atoms with Gasteiger partial charge in [-0.3, -0.25) is 9.69 Å². The number of hydrogen-bond donors (Lipinski definition) is 2. The number of hydrogen-bond acceptors (Lipinski definition) is 3. The molecule has 0 radical (unpaired) electrons. The lowest BCUT2D eigenvalue weighted by molar-refractivity contribution is -0.118. The summed E-state index contributed by atoms with van der Waals surface area (Å²) in [5, 5.41) is 2.73. The van der Waals surface area contributed by atoms with Gasteiger partial charge < -0.3 is 11.1 Å². The highest BCUT2D eigenvalue weighted by Crippen LogP contribution is 2.18. The number of nitrogens with zero attached hydrogens (tertiary/aromatic N) is 1. The Labute approximate surface area is 126 Å². The Bertz CT molecular complexity index is 461. The van der Waals surface area contributed by atoms with Crippen molar-refractivity contribution < 1.29 is 9.18 Å². The summed E-state index contributed by atoms with van der Waals surface area (Å²) in [5.74, 6) is -0.513. The van der Waals surface area contributed by atoms with Gasteiger partial charge in [-0.15, -0.1) is 0 Å². The van der Waals surface area contributed by atoms with Crippen LogP contribution in [0.3, 0.4) is 0 Å². The van der Waals surface area contributed by atoms with E-state index in [0.29, 0.717) is 12.2 Å². The molecule has 4 nitrogen and oxygen atoms in total. The van der Waals surface area contributed by atoms with Gasteiger partial charge in [-0.2, -0.15) is 0 Å². The molecule has 0 aromatic heterocycles. The third-order valence-electron chi connectivity index (χ3n) is 3.90. The number of nitrogens with two attached hydrogens (primary N) is 1. The molecule has 0 heterocycles. The Kier molecular flexibility index (Phi) is 6.78. The summed E-state index contributed by atoms with van der Waals surface area (Å²) < 4.78 is 13.1. The molecule has 0 saturated heterocycles. The van der Waals surface area contributed by atoms with E-state index in [4.69, 9.17) is 5.73 Å². The molecule has 1 unspecified atom stereocenters. The largest absolute Gasteiger partial charge is 0.329 e. The minimum Gasteiger partial charge on any atom is -0.329 e. The van der Waals surface area contributed by atoms with Crippen molar-refractivity contribution in [1.82, 2.24) is 4.90 Å². The van der Waals surface area contributed by atoms with E-state index in [1.807, 2.05) is 0 Å². The van der Waals surface area contributed by atoms with Gasteiger partial charge in [0.1, 0.15) is 5.82 Å². The van der Waals surface area contributed by atoms with Gasteiger partial charge in [0.25, 0.3) is 0 Å². The lowest BCUT2D eigenvalue weighted by atomic mass is 9.96. The first-order valence-electron chi connectivity index (χ1n) is 7.45. The Balaban J connectivity index is 2.72. The van der Waals surface area contributed by atoms with Crippen molar-refractivity contribution >= 4 is 11.6 Å². The van der Waals surface area contributed by atoms with Crippen LogP contribution in [0.2, 0.25) is 0 Å². The van der Waals surface area contributed by atoms with Crippen LogP contribution in [0.25, 0.3) is 0 Å². The fourth-order valence-electron chi connectivity index (χ4n) is 2.25. The third-order valence-corrected chi connectivity index (χ3v) is 3.90. The minimum atomic E-state index is -0.362. The van der Waals surface area contributed by atoms with E-state index < -0.39 is 0 Å². The van der Waals surface area contributed by atoms with Crippen LogP contribution in [0, 0.1) is 5.82 Å². The normalized spacial score (nSPS) is 14.0. The van der Waals surface area contributed by atoms with Crippen molar-refractivity contribution in [3.63, 3.8) is 0 Å². The van der Waals surface area contributed by atoms with E-state index in [2.05, 4.69) is 31.0 Å². The molecule has 0 saturated carbocycles. The molecule has 0 aliphatic carbocycles. The summed E-state index contributed by atoms with van der Waals surface area (Å²) in [6.45, 7) is 7.77. The van der Waals surface area contributed by atoms with Gasteiger partial charge in [-0.1, -0.05) is 19.9 Å². The first-order chi connectivity index (χ1) is 9.95. The van der Waals surface area contributed by atoms with Gasteiger partial charge in [0.05, 0.1) is 6.54 Å². The number of halogens is 1. The van der Waals surface area contributed by atoms with Gasteiger partial charge in [0.2, 0.25) is 5.91 Å². The summed E-state index contributed by atoms with van der Waals surface area (Å²) in [6.07, 6.45) is 1.82. The zero-order valence-electron chi connectivity index (χ0n) is 13.2. The van der Waals surface area contributed by atoms with Crippen LogP contribution >= 0.6 is 0 Å². The fraction of sp³-hybridized carbons (Fsp3) is 0.562. The van der Waals surface area contributed by atoms with E-state index in [-0.39, 0.29) is 23.8 Å². The summed E-state index contributed by atoms with van der Waals surface area (Å²) in [4.78, 5) is 14.3. The molecule has 1 aromatic rings. The van der Waals surface area contributed by atoms with Crippen molar-refractivity contribution in [2.24, 2.45) is 5.73 Å². The predicted octanol–water partition coefficient (Wildman–Crippen LogP) is 2.60. The monoisotopic (exact) mass is 295 g/mol. The Morgan fingerprint density at radius 3 is 2.67 bits per heavy atom. The Morgan fingerprint density at radius 2 is 2.14 bits per heavy atom. The molecule has 1 amide bonds. The standard InChI is InChI=1S/C16H26FN3O/c1-4-9-20(16(3,5-2)12-18)11-15(21)19-14-8-6-7-13(17)10-14/h6-8,10H,4-5,9,11-12,18H2,1-3H3,(H,19,21). The fourth-order valence-corrected chi connectivity index (χ4v) is 2.25. The number of carbonyl (C=O) groups is 1. The van der Waals surface area contributed by atoms with Gasteiger partial charge >= 0.3 is 0 Å². The van der Waals surface area contributed by atoms with Crippen LogP contribution < -0.4 is 11.1 Å². The lowest BCUT2D eigenvalue weighted by Crippen LogP contribution is -2.54. The van der Waals surface area contributed by atoms with Crippen molar-refractivity contribution in [1.29, 1.82) is 0 Å². The second kappa shape index (κ2) is 8.10. The van der Waals surface area contributed by atoms with Crippen LogP contribution in [-0.2, 0) is 4.79 Å². The molecular formula is C16H26FN3O. The number of amides is 1. The third kappa shape index (κ3) is 5.10. The van der Waals surface area contributed by atoms with Crippen LogP contribution in [0.1, 0.15) is 33.6 Å². The predicted molar refractivity (Wildman–Crippen MR) is 84.6 cm³/mol. The molecule has 0 spiro atoms. The number of benzene rings is 1. The highest BCUT2D eigenvalue weighted by Gasteiger charge is 2.29. The van der Waals surface area contributed by atoms with Gasteiger partial charge in [-0.25, -0.2) is 4.39 Å². The molecule has 0 fully saturated rings. The molecule has 118 valence electrons. The van der Waals surface area contributed by atoms with Crippen LogP contribution in [0.15, 0.2) is 24.3 Å². The number of carbonyl (C=O) groups excluding carboxylic acids is 1. The zero-order chi connectivity index (χ0) is 15.9. The molecule has 1 rings (SSSR count). The molecule has 21 heavy (non-hydrogen) atoms. The van der Waals surface area contributed by atoms with Crippen molar-refractivity contribution in [2.45, 2.75) is 39.2 Å². The van der Waals surface area contributed by atoms with Crippen LogP contribution in [0.4, 0.5) is 10.1 Å². The van der Waals surface area contributed by atoms with Crippen molar-refractivity contribution in [2.75, 3.05) is 25.0 Å².